The molecule has 35 heavy (non-hydrogen) atoms. The first-order valence-corrected chi connectivity index (χ1v) is 12.7. The van der Waals surface area contributed by atoms with Gasteiger partial charge in [0.05, 0.1) is 24.5 Å². The Morgan fingerprint density at radius 2 is 2.06 bits per heavy atom. The minimum absolute atomic E-state index is 0.0747. The van der Waals surface area contributed by atoms with Gasteiger partial charge in [0.15, 0.2) is 0 Å². The van der Waals surface area contributed by atoms with E-state index in [1.807, 2.05) is 12.1 Å². The Labute approximate surface area is 206 Å². The van der Waals surface area contributed by atoms with Gasteiger partial charge in [-0.3, -0.25) is 4.98 Å². The second-order valence-electron chi connectivity index (χ2n) is 9.91. The number of pyridine rings is 1. The SMILES string of the molecule is OCc1cc(Nc2ccc3c(c2)OC2(CCNCC2)CN3CCC2=CNC3=CC=CCC23)ccn1. The standard InChI is InChI=1S/C28H33N5O2/c34-18-23-15-22(7-11-30-23)32-21-5-6-26-27(16-21)35-28(9-12-29-13-10-28)19-33(26)14-8-20-17-31-25-4-2-1-3-24(20)25/h1-2,4-7,11,15-17,24,29,31,34H,3,8-10,12-14,18-19H2,(H,30,32). The van der Waals surface area contributed by atoms with Crippen molar-refractivity contribution in [2.24, 2.45) is 5.92 Å². The molecule has 1 saturated heterocycles. The summed E-state index contributed by atoms with van der Waals surface area (Å²) in [4.78, 5) is 6.70. The highest BCUT2D eigenvalue weighted by Crippen LogP contribution is 2.43. The number of nitrogens with one attached hydrogen (secondary N) is 3. The van der Waals surface area contributed by atoms with E-state index >= 15 is 0 Å². The summed E-state index contributed by atoms with van der Waals surface area (Å²) in [5, 5.41) is 19.8. The average molecular weight is 472 g/mol. The maximum Gasteiger partial charge on any atom is 0.145 e. The number of piperidine rings is 1. The number of hydrogen-bond acceptors (Lipinski definition) is 7. The first kappa shape index (κ1) is 22.2. The fourth-order valence-corrected chi connectivity index (χ4v) is 5.70. The molecule has 182 valence electrons. The lowest BCUT2D eigenvalue weighted by Crippen LogP contribution is -2.56. The van der Waals surface area contributed by atoms with Crippen LogP contribution in [0, 0.1) is 5.92 Å². The molecule has 0 radical (unpaired) electrons. The Morgan fingerprint density at radius 1 is 1.17 bits per heavy atom. The molecule has 1 fully saturated rings. The summed E-state index contributed by atoms with van der Waals surface area (Å²) in [6.45, 7) is 3.80. The highest BCUT2D eigenvalue weighted by Gasteiger charge is 2.41. The quantitative estimate of drug-likeness (QED) is 0.507. The monoisotopic (exact) mass is 471 g/mol. The van der Waals surface area contributed by atoms with Gasteiger partial charge in [0.1, 0.15) is 11.4 Å². The van der Waals surface area contributed by atoms with Gasteiger partial charge in [-0.15, -0.1) is 0 Å². The minimum atomic E-state index is -0.154. The number of fused-ring (bicyclic) bond motifs is 2. The van der Waals surface area contributed by atoms with E-state index in [1.165, 1.54) is 11.3 Å². The first-order chi connectivity index (χ1) is 17.2. The van der Waals surface area contributed by atoms with E-state index in [0.29, 0.717) is 11.6 Å². The van der Waals surface area contributed by atoms with E-state index in [9.17, 15) is 5.11 Å². The van der Waals surface area contributed by atoms with Crippen LogP contribution in [0.2, 0.25) is 0 Å². The average Bonchev–Trinajstić information content (AvgIpc) is 3.31. The maximum absolute atomic E-state index is 9.41. The van der Waals surface area contributed by atoms with Crippen LogP contribution >= 0.6 is 0 Å². The van der Waals surface area contributed by atoms with Gasteiger partial charge in [-0.1, -0.05) is 12.2 Å². The van der Waals surface area contributed by atoms with Crippen molar-refractivity contribution in [1.82, 2.24) is 15.6 Å². The molecule has 7 nitrogen and oxygen atoms in total. The van der Waals surface area contributed by atoms with Gasteiger partial charge < -0.3 is 30.7 Å². The lowest BCUT2D eigenvalue weighted by molar-refractivity contribution is 0.0350. The second kappa shape index (κ2) is 9.40. The number of ether oxygens (including phenoxy) is 1. The summed E-state index contributed by atoms with van der Waals surface area (Å²) >= 11 is 0. The van der Waals surface area contributed by atoms with Crippen LogP contribution in [-0.2, 0) is 6.61 Å². The molecule has 1 aromatic carbocycles. The third-order valence-corrected chi connectivity index (χ3v) is 7.59. The molecule has 1 spiro atoms. The normalized spacial score (nSPS) is 22.0. The second-order valence-corrected chi connectivity index (χ2v) is 9.91. The van der Waals surface area contributed by atoms with E-state index in [1.54, 1.807) is 6.20 Å². The highest BCUT2D eigenvalue weighted by molar-refractivity contribution is 5.70. The summed E-state index contributed by atoms with van der Waals surface area (Å²) in [5.41, 5.74) is 6.34. The van der Waals surface area contributed by atoms with Gasteiger partial charge in [-0.05, 0) is 61.8 Å². The molecule has 1 aromatic heterocycles. The fourth-order valence-electron chi connectivity index (χ4n) is 5.70. The Bertz CT molecular complexity index is 1180. The van der Waals surface area contributed by atoms with Gasteiger partial charge >= 0.3 is 0 Å². The van der Waals surface area contributed by atoms with Crippen LogP contribution in [0.4, 0.5) is 17.1 Å². The Kier molecular flexibility index (Phi) is 5.96. The van der Waals surface area contributed by atoms with Crippen molar-refractivity contribution in [3.8, 4) is 5.75 Å². The summed E-state index contributed by atoms with van der Waals surface area (Å²) in [6.07, 6.45) is 14.7. The topological polar surface area (TPSA) is 81.7 Å². The zero-order valence-corrected chi connectivity index (χ0v) is 20.0. The van der Waals surface area contributed by atoms with E-state index in [0.717, 1.165) is 74.7 Å². The van der Waals surface area contributed by atoms with Crippen LogP contribution in [0.5, 0.6) is 5.75 Å². The smallest absolute Gasteiger partial charge is 0.145 e. The lowest BCUT2D eigenvalue weighted by Gasteiger charge is -2.47. The molecule has 4 N–H and O–H groups in total. The van der Waals surface area contributed by atoms with Gasteiger partial charge in [0.25, 0.3) is 0 Å². The largest absolute Gasteiger partial charge is 0.483 e. The molecule has 4 aliphatic rings. The maximum atomic E-state index is 9.41. The molecule has 3 aliphatic heterocycles. The molecule has 4 heterocycles. The molecular formula is C28H33N5O2. The summed E-state index contributed by atoms with van der Waals surface area (Å²) in [7, 11) is 0. The number of nitrogens with zero attached hydrogens (tertiary/aromatic N) is 2. The predicted octanol–water partition coefficient (Wildman–Crippen LogP) is 3.98. The highest BCUT2D eigenvalue weighted by atomic mass is 16.5. The van der Waals surface area contributed by atoms with Crippen molar-refractivity contribution in [3.05, 3.63) is 77.9 Å². The van der Waals surface area contributed by atoms with Crippen LogP contribution in [0.25, 0.3) is 0 Å². The zero-order valence-electron chi connectivity index (χ0n) is 20.0. The van der Waals surface area contributed by atoms with Gasteiger partial charge in [-0.2, -0.15) is 0 Å². The van der Waals surface area contributed by atoms with Crippen LogP contribution in [0.1, 0.15) is 31.4 Å². The molecule has 7 heteroatoms. The Hall–Kier alpha value is -3.29. The van der Waals surface area contributed by atoms with Crippen molar-refractivity contribution in [1.29, 1.82) is 0 Å². The number of rotatable bonds is 6. The van der Waals surface area contributed by atoms with Gasteiger partial charge in [0.2, 0.25) is 0 Å². The lowest BCUT2D eigenvalue weighted by atomic mass is 9.88. The summed E-state index contributed by atoms with van der Waals surface area (Å²) < 4.78 is 6.75. The number of anilines is 3. The fraction of sp³-hybridized carbons (Fsp3) is 0.393. The molecule has 0 saturated carbocycles. The molecule has 1 unspecified atom stereocenters. The van der Waals surface area contributed by atoms with E-state index in [4.69, 9.17) is 4.74 Å². The molecule has 1 aliphatic carbocycles. The number of benzene rings is 1. The van der Waals surface area contributed by atoms with Crippen LogP contribution < -0.4 is 25.6 Å². The van der Waals surface area contributed by atoms with E-state index in [2.05, 4.69) is 68.5 Å². The first-order valence-electron chi connectivity index (χ1n) is 12.7. The predicted molar refractivity (Wildman–Crippen MR) is 139 cm³/mol. The number of aliphatic hydroxyl groups is 1. The number of aromatic nitrogens is 1. The van der Waals surface area contributed by atoms with Gasteiger partial charge in [0, 0.05) is 60.8 Å². The zero-order chi connectivity index (χ0) is 23.7. The van der Waals surface area contributed by atoms with Crippen molar-refractivity contribution < 1.29 is 9.84 Å². The van der Waals surface area contributed by atoms with Crippen molar-refractivity contribution in [2.45, 2.75) is 37.9 Å². The van der Waals surface area contributed by atoms with E-state index in [-0.39, 0.29) is 12.2 Å². The van der Waals surface area contributed by atoms with Crippen molar-refractivity contribution in [2.75, 3.05) is 36.4 Å². The van der Waals surface area contributed by atoms with Crippen LogP contribution in [0.15, 0.2) is 72.2 Å². The van der Waals surface area contributed by atoms with Crippen molar-refractivity contribution in [3.63, 3.8) is 0 Å². The number of hydrogen-bond donors (Lipinski definition) is 4. The Balaban J connectivity index is 1.24. The molecule has 2 aromatic rings. The Morgan fingerprint density at radius 3 is 2.94 bits per heavy atom. The molecule has 1 atom stereocenters. The van der Waals surface area contributed by atoms with Crippen LogP contribution in [-0.4, -0.2) is 41.9 Å². The third kappa shape index (κ3) is 4.54. The van der Waals surface area contributed by atoms with E-state index < -0.39 is 0 Å². The number of aliphatic hydroxyl groups excluding tert-OH is 1. The van der Waals surface area contributed by atoms with Crippen LogP contribution in [0.3, 0.4) is 0 Å². The molecule has 6 rings (SSSR count). The molecule has 0 bridgehead atoms. The summed E-state index contributed by atoms with van der Waals surface area (Å²) in [5.74, 6) is 1.45. The molecular weight excluding hydrogens is 438 g/mol. The van der Waals surface area contributed by atoms with Crippen molar-refractivity contribution >= 4 is 17.1 Å². The van der Waals surface area contributed by atoms with Gasteiger partial charge in [-0.25, -0.2) is 0 Å². The minimum Gasteiger partial charge on any atom is -0.483 e. The number of allylic oxidation sites excluding steroid dienone is 4. The molecule has 0 amide bonds. The third-order valence-electron chi connectivity index (χ3n) is 7.59. The summed E-state index contributed by atoms with van der Waals surface area (Å²) in [6, 6.07) is 10.2.